The van der Waals surface area contributed by atoms with Crippen LogP contribution in [0.2, 0.25) is 0 Å². The van der Waals surface area contributed by atoms with Gasteiger partial charge in [-0.05, 0) is 44.4 Å². The maximum Gasteiger partial charge on any atom is 0.416 e. The molecule has 1 aliphatic heterocycles. The molecule has 0 bridgehead atoms. The summed E-state index contributed by atoms with van der Waals surface area (Å²) in [4.78, 5) is 12.5. The molecular formula is C17H23F3N2O. The Labute approximate surface area is 134 Å². The number of carbonyl (C=O) groups excluding carboxylic acids is 1. The molecule has 0 spiro atoms. The van der Waals surface area contributed by atoms with Gasteiger partial charge in [-0.1, -0.05) is 25.1 Å². The summed E-state index contributed by atoms with van der Waals surface area (Å²) in [6.45, 7) is 4.71. The molecule has 1 saturated heterocycles. The van der Waals surface area contributed by atoms with Crippen LogP contribution >= 0.6 is 0 Å². The second kappa shape index (κ2) is 7.34. The number of carbonyl (C=O) groups is 1. The van der Waals surface area contributed by atoms with Crippen molar-refractivity contribution in [3.8, 4) is 0 Å². The van der Waals surface area contributed by atoms with E-state index in [1.54, 1.807) is 6.07 Å². The van der Waals surface area contributed by atoms with Crippen LogP contribution in [-0.2, 0) is 11.0 Å². The molecule has 1 aromatic rings. The zero-order valence-electron chi connectivity index (χ0n) is 13.4. The minimum atomic E-state index is -4.39. The number of benzene rings is 1. The zero-order valence-corrected chi connectivity index (χ0v) is 13.4. The normalized spacial score (nSPS) is 23.3. The van der Waals surface area contributed by atoms with Crippen molar-refractivity contribution in [2.45, 2.75) is 57.3 Å². The highest BCUT2D eigenvalue weighted by molar-refractivity contribution is 5.83. The number of halogens is 3. The van der Waals surface area contributed by atoms with E-state index in [4.69, 9.17) is 0 Å². The third kappa shape index (κ3) is 4.70. The van der Waals surface area contributed by atoms with Gasteiger partial charge in [0.1, 0.15) is 0 Å². The van der Waals surface area contributed by atoms with E-state index in [0.29, 0.717) is 18.0 Å². The average molecular weight is 328 g/mol. The van der Waals surface area contributed by atoms with Crippen molar-refractivity contribution in [3.05, 3.63) is 35.4 Å². The molecule has 6 heteroatoms. The van der Waals surface area contributed by atoms with Gasteiger partial charge in [0.15, 0.2) is 0 Å². The molecule has 3 unspecified atom stereocenters. The molecule has 128 valence electrons. The van der Waals surface area contributed by atoms with E-state index in [1.807, 2.05) is 6.92 Å². The molecule has 23 heavy (non-hydrogen) atoms. The predicted octanol–water partition coefficient (Wildman–Crippen LogP) is 3.46. The lowest BCUT2D eigenvalue weighted by Crippen LogP contribution is -2.47. The molecule has 1 aliphatic rings. The number of alkyl halides is 3. The van der Waals surface area contributed by atoms with Gasteiger partial charge in [-0.25, -0.2) is 0 Å². The van der Waals surface area contributed by atoms with Crippen LogP contribution in [0.1, 0.15) is 50.2 Å². The van der Waals surface area contributed by atoms with E-state index in [-0.39, 0.29) is 11.9 Å². The van der Waals surface area contributed by atoms with Gasteiger partial charge in [0.25, 0.3) is 0 Å². The van der Waals surface area contributed by atoms with Crippen LogP contribution in [0.5, 0.6) is 0 Å². The van der Waals surface area contributed by atoms with Crippen LogP contribution in [0.4, 0.5) is 13.2 Å². The van der Waals surface area contributed by atoms with Crippen LogP contribution in [0, 0.1) is 0 Å². The Morgan fingerprint density at radius 2 is 2.17 bits per heavy atom. The number of nitrogens with one attached hydrogen (secondary N) is 2. The zero-order chi connectivity index (χ0) is 17.0. The minimum absolute atomic E-state index is 0.0820. The van der Waals surface area contributed by atoms with Crippen LogP contribution in [0.15, 0.2) is 24.3 Å². The highest BCUT2D eigenvalue weighted by atomic mass is 19.4. The third-order valence-corrected chi connectivity index (χ3v) is 4.31. The largest absolute Gasteiger partial charge is 0.416 e. The highest BCUT2D eigenvalue weighted by Gasteiger charge is 2.32. The van der Waals surface area contributed by atoms with Gasteiger partial charge in [0.2, 0.25) is 5.91 Å². The van der Waals surface area contributed by atoms with Gasteiger partial charge in [0.05, 0.1) is 11.5 Å². The minimum Gasteiger partial charge on any atom is -0.353 e. The number of rotatable bonds is 4. The lowest BCUT2D eigenvalue weighted by Gasteiger charge is -2.30. The summed E-state index contributed by atoms with van der Waals surface area (Å²) in [5.74, 6) is -0.742. The predicted molar refractivity (Wildman–Crippen MR) is 83.1 cm³/mol. The first-order chi connectivity index (χ1) is 10.8. The molecule has 0 aliphatic carbocycles. The molecule has 1 fully saturated rings. The first-order valence-electron chi connectivity index (χ1n) is 8.02. The maximum absolute atomic E-state index is 12.8. The highest BCUT2D eigenvalue weighted by Crippen LogP contribution is 2.32. The Hall–Kier alpha value is -1.56. The van der Waals surface area contributed by atoms with Crippen molar-refractivity contribution >= 4 is 5.91 Å². The molecule has 2 rings (SSSR count). The van der Waals surface area contributed by atoms with Gasteiger partial charge in [-0.2, -0.15) is 13.2 Å². The fourth-order valence-corrected chi connectivity index (χ4v) is 3.07. The summed E-state index contributed by atoms with van der Waals surface area (Å²) in [6.07, 6.45) is -2.25. The van der Waals surface area contributed by atoms with E-state index in [0.717, 1.165) is 31.5 Å². The Bertz CT molecular complexity index is 545. The smallest absolute Gasteiger partial charge is 0.353 e. The van der Waals surface area contributed by atoms with Gasteiger partial charge >= 0.3 is 6.18 Å². The number of hydrogen-bond acceptors (Lipinski definition) is 2. The van der Waals surface area contributed by atoms with Crippen molar-refractivity contribution in [3.63, 3.8) is 0 Å². The summed E-state index contributed by atoms with van der Waals surface area (Å²) in [6, 6.07) is 5.48. The first kappa shape index (κ1) is 17.8. The average Bonchev–Trinajstić information content (AvgIpc) is 2.47. The number of piperidine rings is 1. The summed E-state index contributed by atoms with van der Waals surface area (Å²) >= 11 is 0. The molecule has 1 amide bonds. The van der Waals surface area contributed by atoms with E-state index in [2.05, 4.69) is 17.6 Å². The standard InChI is InChI=1S/C17H23F3N2O/c1-3-15(12-5-4-6-13(10-12)17(18,19)20)16(23)22-14-7-8-21-11(2)9-14/h4-6,10-11,14-15,21H,3,7-9H2,1-2H3,(H,22,23). The second-order valence-electron chi connectivity index (χ2n) is 6.17. The van der Waals surface area contributed by atoms with Crippen molar-refractivity contribution < 1.29 is 18.0 Å². The van der Waals surface area contributed by atoms with Crippen LogP contribution in [0.3, 0.4) is 0 Å². The molecule has 2 N–H and O–H groups in total. The van der Waals surface area contributed by atoms with Gasteiger partial charge in [0, 0.05) is 12.1 Å². The topological polar surface area (TPSA) is 41.1 Å². The van der Waals surface area contributed by atoms with Gasteiger partial charge < -0.3 is 10.6 Å². The molecule has 0 aromatic heterocycles. The molecule has 1 aromatic carbocycles. The second-order valence-corrected chi connectivity index (χ2v) is 6.17. The quantitative estimate of drug-likeness (QED) is 0.889. The van der Waals surface area contributed by atoms with Crippen LogP contribution in [0.25, 0.3) is 0 Å². The Balaban J connectivity index is 2.11. The van der Waals surface area contributed by atoms with Crippen LogP contribution in [-0.4, -0.2) is 24.5 Å². The van der Waals surface area contributed by atoms with Crippen molar-refractivity contribution in [1.82, 2.24) is 10.6 Å². The number of hydrogen-bond donors (Lipinski definition) is 2. The lowest BCUT2D eigenvalue weighted by molar-refractivity contribution is -0.137. The summed E-state index contributed by atoms with van der Waals surface area (Å²) in [5, 5.41) is 6.30. The van der Waals surface area contributed by atoms with Crippen molar-refractivity contribution in [1.29, 1.82) is 0 Å². The summed E-state index contributed by atoms with van der Waals surface area (Å²) in [7, 11) is 0. The van der Waals surface area contributed by atoms with Crippen LogP contribution < -0.4 is 10.6 Å². The van der Waals surface area contributed by atoms with E-state index >= 15 is 0 Å². The summed E-state index contributed by atoms with van der Waals surface area (Å²) in [5.41, 5.74) is -0.293. The Morgan fingerprint density at radius 3 is 2.78 bits per heavy atom. The fourth-order valence-electron chi connectivity index (χ4n) is 3.07. The van der Waals surface area contributed by atoms with Crippen molar-refractivity contribution in [2.24, 2.45) is 0 Å². The third-order valence-electron chi connectivity index (χ3n) is 4.31. The van der Waals surface area contributed by atoms with Gasteiger partial charge in [-0.15, -0.1) is 0 Å². The molecule has 0 radical (unpaired) electrons. The Kier molecular flexibility index (Phi) is 5.68. The van der Waals surface area contributed by atoms with E-state index in [9.17, 15) is 18.0 Å². The monoisotopic (exact) mass is 328 g/mol. The lowest BCUT2D eigenvalue weighted by atomic mass is 9.92. The molecular weight excluding hydrogens is 305 g/mol. The molecule has 0 saturated carbocycles. The SMILES string of the molecule is CCC(C(=O)NC1CCNC(C)C1)c1cccc(C(F)(F)F)c1. The Morgan fingerprint density at radius 1 is 1.43 bits per heavy atom. The molecule has 3 atom stereocenters. The van der Waals surface area contributed by atoms with E-state index in [1.165, 1.54) is 6.07 Å². The summed E-state index contributed by atoms with van der Waals surface area (Å²) < 4.78 is 38.5. The first-order valence-corrected chi connectivity index (χ1v) is 8.02. The fraction of sp³-hybridized carbons (Fsp3) is 0.588. The van der Waals surface area contributed by atoms with Gasteiger partial charge in [-0.3, -0.25) is 4.79 Å². The molecule has 3 nitrogen and oxygen atoms in total. The molecule has 1 heterocycles. The maximum atomic E-state index is 12.8. The van der Waals surface area contributed by atoms with Crippen molar-refractivity contribution in [2.75, 3.05) is 6.54 Å². The van der Waals surface area contributed by atoms with E-state index < -0.39 is 17.7 Å². The number of amides is 1.